The molecule has 0 aliphatic carbocycles. The first kappa shape index (κ1) is 20.7. The zero-order valence-corrected chi connectivity index (χ0v) is 18.8. The number of fused-ring (bicyclic) bond motifs is 1. The van der Waals surface area contributed by atoms with Crippen molar-refractivity contribution < 1.29 is 4.79 Å². The molecule has 2 saturated heterocycles. The lowest BCUT2D eigenvalue weighted by Crippen LogP contribution is -2.44. The molecule has 1 N–H and O–H groups in total. The van der Waals surface area contributed by atoms with Gasteiger partial charge in [-0.2, -0.15) is 0 Å². The average Bonchev–Trinajstić information content (AvgIpc) is 3.52. The van der Waals surface area contributed by atoms with Gasteiger partial charge in [-0.1, -0.05) is 0 Å². The molecule has 0 saturated carbocycles. The molecular formula is C22H29N9O. The van der Waals surface area contributed by atoms with E-state index >= 15 is 0 Å². The topological polar surface area (TPSA) is 105 Å². The minimum absolute atomic E-state index is 0.0269. The quantitative estimate of drug-likeness (QED) is 0.646. The van der Waals surface area contributed by atoms with Crippen molar-refractivity contribution in [3.63, 3.8) is 0 Å². The summed E-state index contributed by atoms with van der Waals surface area (Å²) in [6, 6.07) is 0.167. The van der Waals surface area contributed by atoms with Crippen LogP contribution in [0.15, 0.2) is 18.7 Å². The van der Waals surface area contributed by atoms with Crippen LogP contribution >= 0.6 is 0 Å². The van der Waals surface area contributed by atoms with E-state index < -0.39 is 0 Å². The van der Waals surface area contributed by atoms with Crippen molar-refractivity contribution >= 4 is 22.9 Å². The number of nitrogens with zero attached hydrogens (tertiary/aromatic N) is 8. The maximum Gasteiger partial charge on any atom is 0.239 e. The van der Waals surface area contributed by atoms with Gasteiger partial charge in [0.1, 0.15) is 18.0 Å². The number of aromatic nitrogens is 6. The van der Waals surface area contributed by atoms with E-state index in [0.717, 1.165) is 67.3 Å². The molecule has 5 heterocycles. The van der Waals surface area contributed by atoms with Crippen LogP contribution in [-0.2, 0) is 11.3 Å². The van der Waals surface area contributed by atoms with Crippen molar-refractivity contribution in [2.45, 2.75) is 51.7 Å². The zero-order chi connectivity index (χ0) is 22.2. The largest absolute Gasteiger partial charge is 0.364 e. The van der Waals surface area contributed by atoms with E-state index in [1.54, 1.807) is 18.7 Å². The third-order valence-corrected chi connectivity index (χ3v) is 6.53. The molecule has 3 aromatic heterocycles. The van der Waals surface area contributed by atoms with Crippen LogP contribution < -0.4 is 5.32 Å². The van der Waals surface area contributed by atoms with Crippen LogP contribution in [0.4, 0.5) is 5.82 Å². The molecule has 5 rings (SSSR count). The maximum absolute atomic E-state index is 12.9. The molecule has 0 spiro atoms. The predicted octanol–water partition coefficient (Wildman–Crippen LogP) is 1.72. The van der Waals surface area contributed by atoms with Gasteiger partial charge in [0.2, 0.25) is 5.91 Å². The summed E-state index contributed by atoms with van der Waals surface area (Å²) in [5.74, 6) is 2.45. The second-order valence-electron chi connectivity index (χ2n) is 8.65. The van der Waals surface area contributed by atoms with E-state index in [0.29, 0.717) is 12.4 Å². The molecule has 10 heteroatoms. The van der Waals surface area contributed by atoms with Crippen molar-refractivity contribution in [3.8, 4) is 11.4 Å². The lowest BCUT2D eigenvalue weighted by molar-refractivity contribution is -0.134. The summed E-state index contributed by atoms with van der Waals surface area (Å²) in [4.78, 5) is 39.6. The summed E-state index contributed by atoms with van der Waals surface area (Å²) < 4.78 is 2.05. The number of rotatable bonds is 5. The Kier molecular flexibility index (Phi) is 5.46. The monoisotopic (exact) mass is 435 g/mol. The van der Waals surface area contributed by atoms with Crippen molar-refractivity contribution in [2.24, 2.45) is 0 Å². The third-order valence-electron chi connectivity index (χ3n) is 6.53. The van der Waals surface area contributed by atoms with Gasteiger partial charge >= 0.3 is 0 Å². The molecule has 2 aliphatic rings. The number of likely N-dealkylation sites (N-methyl/N-ethyl adjacent to an activating group) is 1. The highest BCUT2D eigenvalue weighted by Crippen LogP contribution is 2.28. The van der Waals surface area contributed by atoms with Gasteiger partial charge in [-0.25, -0.2) is 24.9 Å². The van der Waals surface area contributed by atoms with Crippen molar-refractivity contribution in [1.82, 2.24) is 39.3 Å². The number of hydrogen-bond acceptors (Lipinski definition) is 8. The third kappa shape index (κ3) is 3.68. The summed E-state index contributed by atoms with van der Waals surface area (Å²) >= 11 is 0. The highest BCUT2D eigenvalue weighted by atomic mass is 16.2. The first-order chi connectivity index (χ1) is 15.5. The zero-order valence-electron chi connectivity index (χ0n) is 18.8. The van der Waals surface area contributed by atoms with Gasteiger partial charge in [0.25, 0.3) is 0 Å². The van der Waals surface area contributed by atoms with E-state index in [2.05, 4.69) is 41.6 Å². The number of hydrogen-bond donors (Lipinski definition) is 1. The smallest absolute Gasteiger partial charge is 0.239 e. The summed E-state index contributed by atoms with van der Waals surface area (Å²) in [7, 11) is 2.04. The first-order valence-corrected chi connectivity index (χ1v) is 11.3. The molecule has 2 unspecified atom stereocenters. The molecular weight excluding hydrogens is 406 g/mol. The van der Waals surface area contributed by atoms with Crippen LogP contribution in [0.1, 0.15) is 32.0 Å². The first-order valence-electron chi connectivity index (χ1n) is 11.3. The summed E-state index contributed by atoms with van der Waals surface area (Å²) in [5.41, 5.74) is 2.35. The fraction of sp³-hybridized carbons (Fsp3) is 0.545. The number of imidazole rings is 1. The fourth-order valence-electron chi connectivity index (χ4n) is 4.77. The van der Waals surface area contributed by atoms with Crippen LogP contribution in [0.3, 0.4) is 0 Å². The molecule has 10 nitrogen and oxygen atoms in total. The predicted molar refractivity (Wildman–Crippen MR) is 121 cm³/mol. The summed E-state index contributed by atoms with van der Waals surface area (Å²) in [6.07, 6.45) is 8.08. The maximum atomic E-state index is 12.9. The number of carbonyl (C=O) groups is 1. The van der Waals surface area contributed by atoms with Crippen LogP contribution in [0.2, 0.25) is 0 Å². The molecule has 1 amide bonds. The normalized spacial score (nSPS) is 21.5. The van der Waals surface area contributed by atoms with E-state index in [1.807, 2.05) is 18.9 Å². The molecule has 2 atom stereocenters. The van der Waals surface area contributed by atoms with E-state index in [-0.39, 0.29) is 18.0 Å². The van der Waals surface area contributed by atoms with Crippen molar-refractivity contribution in [2.75, 3.05) is 32.0 Å². The van der Waals surface area contributed by atoms with Gasteiger partial charge in [-0.15, -0.1) is 0 Å². The summed E-state index contributed by atoms with van der Waals surface area (Å²) in [5, 5.41) is 3.53. The molecule has 0 radical (unpaired) electrons. The van der Waals surface area contributed by atoms with Crippen LogP contribution in [0.25, 0.3) is 22.6 Å². The highest BCUT2D eigenvalue weighted by molar-refractivity contribution is 5.86. The Morgan fingerprint density at radius 3 is 2.69 bits per heavy atom. The lowest BCUT2D eigenvalue weighted by Gasteiger charge is -2.25. The molecule has 168 valence electrons. The average molecular weight is 436 g/mol. The SMILES string of the molecule is CCn1c(-c2cnc(C)nc2)nc2c(NC3CCN(C(=O)C4CCCN4C)C3)ncnc21. The van der Waals surface area contributed by atoms with Gasteiger partial charge < -0.3 is 14.8 Å². The van der Waals surface area contributed by atoms with Gasteiger partial charge in [0.15, 0.2) is 17.0 Å². The lowest BCUT2D eigenvalue weighted by atomic mass is 10.2. The molecule has 0 bridgehead atoms. The Morgan fingerprint density at radius 2 is 1.97 bits per heavy atom. The summed E-state index contributed by atoms with van der Waals surface area (Å²) in [6.45, 7) is 7.10. The van der Waals surface area contributed by atoms with Gasteiger partial charge in [-0.3, -0.25) is 9.69 Å². The number of likely N-dealkylation sites (tertiary alicyclic amines) is 2. The van der Waals surface area contributed by atoms with Crippen LogP contribution in [0, 0.1) is 6.92 Å². The fourth-order valence-corrected chi connectivity index (χ4v) is 4.77. The number of anilines is 1. The van der Waals surface area contributed by atoms with E-state index in [4.69, 9.17) is 4.98 Å². The molecule has 2 fully saturated rings. The molecule has 0 aromatic carbocycles. The molecule has 2 aliphatic heterocycles. The van der Waals surface area contributed by atoms with Gasteiger partial charge in [-0.05, 0) is 46.7 Å². The number of aryl methyl sites for hydroxylation is 2. The van der Waals surface area contributed by atoms with Crippen molar-refractivity contribution in [3.05, 3.63) is 24.5 Å². The minimum atomic E-state index is 0.0269. The Hall–Kier alpha value is -3.14. The van der Waals surface area contributed by atoms with Crippen molar-refractivity contribution in [1.29, 1.82) is 0 Å². The molecule has 32 heavy (non-hydrogen) atoms. The Balaban J connectivity index is 1.38. The minimum Gasteiger partial charge on any atom is -0.364 e. The van der Waals surface area contributed by atoms with Gasteiger partial charge in [0, 0.05) is 38.1 Å². The number of amides is 1. The van der Waals surface area contributed by atoms with E-state index in [1.165, 1.54) is 0 Å². The van der Waals surface area contributed by atoms with E-state index in [9.17, 15) is 4.79 Å². The second-order valence-corrected chi connectivity index (χ2v) is 8.65. The Morgan fingerprint density at radius 1 is 1.16 bits per heavy atom. The highest BCUT2D eigenvalue weighted by Gasteiger charge is 2.35. The van der Waals surface area contributed by atoms with Crippen LogP contribution in [0.5, 0.6) is 0 Å². The van der Waals surface area contributed by atoms with Gasteiger partial charge in [0.05, 0.1) is 11.6 Å². The Labute approximate surface area is 187 Å². The second kappa shape index (κ2) is 8.42. The molecule has 3 aromatic rings. The number of nitrogens with one attached hydrogen (secondary N) is 1. The Bertz CT molecular complexity index is 1130. The van der Waals surface area contributed by atoms with Crippen LogP contribution in [-0.4, -0.2) is 84.0 Å². The standard InChI is InChI=1S/C22H29N9O/c1-4-31-20(15-10-23-14(2)24-11-15)28-18-19(25-13-26-21(18)31)27-16-7-9-30(12-16)22(32)17-6-5-8-29(17)3/h10-11,13,16-17H,4-9,12H2,1-3H3,(H,25,26,27). The number of carbonyl (C=O) groups excluding carboxylic acids is 1.